The molecule has 0 heterocycles. The maximum Gasteiger partial charge on any atom is 0.309 e. The molecule has 0 bridgehead atoms. The van der Waals surface area contributed by atoms with Gasteiger partial charge in [0.15, 0.2) is 0 Å². The third-order valence-corrected chi connectivity index (χ3v) is 1.83. The van der Waals surface area contributed by atoms with Crippen LogP contribution in [0.2, 0.25) is 0 Å². The zero-order chi connectivity index (χ0) is 10.0. The van der Waals surface area contributed by atoms with E-state index in [2.05, 4.69) is 5.32 Å². The van der Waals surface area contributed by atoms with Gasteiger partial charge in [-0.15, -0.1) is 0 Å². The highest BCUT2D eigenvalue weighted by Gasteiger charge is 2.19. The van der Waals surface area contributed by atoms with Crippen molar-refractivity contribution in [2.45, 2.75) is 6.92 Å². The number of benzene rings is 1. The van der Waals surface area contributed by atoms with Crippen molar-refractivity contribution in [2.24, 2.45) is 0 Å². The Morgan fingerprint density at radius 2 is 2.15 bits per heavy atom. The van der Waals surface area contributed by atoms with Crippen LogP contribution < -0.4 is 5.32 Å². The molecular weight excluding hydrogens is 175 g/mol. The second kappa shape index (κ2) is 3.38. The highest BCUT2D eigenvalue weighted by Crippen LogP contribution is 2.27. The van der Waals surface area contributed by atoms with E-state index < -0.39 is 16.4 Å². The Kier molecular flexibility index (Phi) is 2.46. The highest BCUT2D eigenvalue weighted by molar-refractivity contribution is 5.59. The van der Waals surface area contributed by atoms with E-state index >= 15 is 0 Å². The lowest BCUT2D eigenvalue weighted by atomic mass is 10.1. The van der Waals surface area contributed by atoms with Crippen molar-refractivity contribution in [3.8, 4) is 0 Å². The third-order valence-electron chi connectivity index (χ3n) is 1.83. The Morgan fingerprint density at radius 1 is 1.54 bits per heavy atom. The molecule has 70 valence electrons. The molecule has 0 aliphatic heterocycles. The Balaban J connectivity index is 3.38. The summed E-state index contributed by atoms with van der Waals surface area (Å²) in [4.78, 5) is 9.73. The molecule has 0 aliphatic rings. The van der Waals surface area contributed by atoms with E-state index in [0.29, 0.717) is 11.3 Å². The predicted molar refractivity (Wildman–Crippen MR) is 47.3 cm³/mol. The summed E-state index contributed by atoms with van der Waals surface area (Å²) < 4.78 is 12.9. The fourth-order valence-electron chi connectivity index (χ4n) is 1.16. The lowest BCUT2D eigenvalue weighted by Gasteiger charge is -2.05. The zero-order valence-electron chi connectivity index (χ0n) is 7.30. The molecule has 1 aromatic rings. The first-order chi connectivity index (χ1) is 6.07. The van der Waals surface area contributed by atoms with Gasteiger partial charge in [-0.05, 0) is 19.1 Å². The lowest BCUT2D eigenvalue weighted by molar-refractivity contribution is -0.388. The van der Waals surface area contributed by atoms with Crippen LogP contribution in [0.3, 0.4) is 0 Å². The van der Waals surface area contributed by atoms with E-state index in [1.807, 2.05) is 0 Å². The Bertz CT molecular complexity index is 352. The molecule has 0 atom stereocenters. The second-order valence-corrected chi connectivity index (χ2v) is 2.58. The number of nitrogens with zero attached hydrogens (tertiary/aromatic N) is 1. The van der Waals surface area contributed by atoms with Crippen LogP contribution in [-0.4, -0.2) is 12.0 Å². The summed E-state index contributed by atoms with van der Waals surface area (Å²) in [6.07, 6.45) is 0. The van der Waals surface area contributed by atoms with Gasteiger partial charge in [-0.2, -0.15) is 4.39 Å². The molecular formula is C8H9FN2O2. The molecule has 0 aromatic heterocycles. The van der Waals surface area contributed by atoms with E-state index in [1.165, 1.54) is 13.0 Å². The summed E-state index contributed by atoms with van der Waals surface area (Å²) in [5.41, 5.74) is 0.410. The Morgan fingerprint density at radius 3 is 2.62 bits per heavy atom. The van der Waals surface area contributed by atoms with Crippen molar-refractivity contribution < 1.29 is 9.31 Å². The maximum absolute atomic E-state index is 12.9. The number of hydrogen-bond donors (Lipinski definition) is 1. The molecule has 1 rings (SSSR count). The van der Waals surface area contributed by atoms with Gasteiger partial charge in [0.2, 0.25) is 5.82 Å². The zero-order valence-corrected chi connectivity index (χ0v) is 7.30. The van der Waals surface area contributed by atoms with Crippen LogP contribution in [0.4, 0.5) is 15.8 Å². The molecule has 0 radical (unpaired) electrons. The first-order valence-corrected chi connectivity index (χ1v) is 3.69. The van der Waals surface area contributed by atoms with Gasteiger partial charge >= 0.3 is 5.69 Å². The second-order valence-electron chi connectivity index (χ2n) is 2.58. The summed E-state index contributed by atoms with van der Waals surface area (Å²) >= 11 is 0. The summed E-state index contributed by atoms with van der Waals surface area (Å²) in [6.45, 7) is 1.51. The van der Waals surface area contributed by atoms with Crippen LogP contribution in [0.5, 0.6) is 0 Å². The van der Waals surface area contributed by atoms with Crippen LogP contribution in [-0.2, 0) is 0 Å². The Labute approximate surface area is 74.5 Å². The monoisotopic (exact) mass is 184 g/mol. The van der Waals surface area contributed by atoms with Crippen LogP contribution >= 0.6 is 0 Å². The smallest absolute Gasteiger partial charge is 0.309 e. The largest absolute Gasteiger partial charge is 0.388 e. The molecule has 4 nitrogen and oxygen atoms in total. The fourth-order valence-corrected chi connectivity index (χ4v) is 1.16. The van der Waals surface area contributed by atoms with Gasteiger partial charge < -0.3 is 5.32 Å². The van der Waals surface area contributed by atoms with Gasteiger partial charge in [0.25, 0.3) is 0 Å². The van der Waals surface area contributed by atoms with Crippen molar-refractivity contribution in [3.05, 3.63) is 33.6 Å². The van der Waals surface area contributed by atoms with Gasteiger partial charge in [0, 0.05) is 12.7 Å². The molecule has 0 spiro atoms. The lowest BCUT2D eigenvalue weighted by Crippen LogP contribution is -1.99. The summed E-state index contributed by atoms with van der Waals surface area (Å²) in [5, 5.41) is 13.2. The summed E-state index contributed by atoms with van der Waals surface area (Å²) in [7, 11) is 1.63. The van der Waals surface area contributed by atoms with Gasteiger partial charge in [-0.1, -0.05) is 0 Å². The van der Waals surface area contributed by atoms with Crippen LogP contribution in [0, 0.1) is 22.9 Å². The van der Waals surface area contributed by atoms with E-state index in [9.17, 15) is 14.5 Å². The number of rotatable bonds is 2. The quantitative estimate of drug-likeness (QED) is 0.565. The minimum Gasteiger partial charge on any atom is -0.388 e. The van der Waals surface area contributed by atoms with Gasteiger partial charge in [-0.3, -0.25) is 10.1 Å². The highest BCUT2D eigenvalue weighted by atomic mass is 19.1. The molecule has 1 N–H and O–H groups in total. The van der Waals surface area contributed by atoms with Crippen molar-refractivity contribution in [1.82, 2.24) is 0 Å². The van der Waals surface area contributed by atoms with E-state index in [4.69, 9.17) is 0 Å². The Hall–Kier alpha value is -1.65. The van der Waals surface area contributed by atoms with E-state index in [-0.39, 0.29) is 0 Å². The normalized spacial score (nSPS) is 9.77. The van der Waals surface area contributed by atoms with Crippen molar-refractivity contribution in [2.75, 3.05) is 12.4 Å². The van der Waals surface area contributed by atoms with Crippen molar-refractivity contribution in [3.63, 3.8) is 0 Å². The van der Waals surface area contributed by atoms with Crippen molar-refractivity contribution in [1.29, 1.82) is 0 Å². The molecule has 1 aromatic carbocycles. The number of anilines is 1. The molecule has 0 saturated heterocycles. The minimum atomic E-state index is -0.804. The molecule has 0 aliphatic carbocycles. The number of nitrogens with one attached hydrogen (secondary N) is 1. The number of hydrogen-bond acceptors (Lipinski definition) is 3. The predicted octanol–water partition coefficient (Wildman–Crippen LogP) is 2.08. The molecule has 0 saturated carbocycles. The van der Waals surface area contributed by atoms with Gasteiger partial charge in [0.1, 0.15) is 0 Å². The fraction of sp³-hybridized carbons (Fsp3) is 0.250. The maximum atomic E-state index is 12.9. The average molecular weight is 184 g/mol. The van der Waals surface area contributed by atoms with E-state index in [1.54, 1.807) is 7.05 Å². The molecule has 5 heteroatoms. The topological polar surface area (TPSA) is 55.2 Å². The minimum absolute atomic E-state index is 0.313. The SMILES string of the molecule is CNc1ccc(F)c([N+](=O)[O-])c1C. The summed E-state index contributed by atoms with van der Waals surface area (Å²) in [5.74, 6) is -0.804. The number of halogens is 1. The molecule has 0 unspecified atom stereocenters. The van der Waals surface area contributed by atoms with Crippen LogP contribution in [0.1, 0.15) is 5.56 Å². The number of nitro groups is 1. The molecule has 0 fully saturated rings. The molecule has 0 amide bonds. The average Bonchev–Trinajstić information content (AvgIpc) is 2.04. The standard InChI is InChI=1S/C8H9FN2O2/c1-5-7(10-2)4-3-6(9)8(5)11(12)13/h3-4,10H,1-2H3. The number of nitro benzene ring substituents is 1. The van der Waals surface area contributed by atoms with E-state index in [0.717, 1.165) is 6.07 Å². The van der Waals surface area contributed by atoms with Crippen molar-refractivity contribution >= 4 is 11.4 Å². The summed E-state index contributed by atoms with van der Waals surface area (Å²) in [6, 6.07) is 2.55. The first kappa shape index (κ1) is 9.44. The van der Waals surface area contributed by atoms with Gasteiger partial charge in [-0.25, -0.2) is 0 Å². The van der Waals surface area contributed by atoms with Crippen LogP contribution in [0.25, 0.3) is 0 Å². The van der Waals surface area contributed by atoms with Gasteiger partial charge in [0.05, 0.1) is 10.5 Å². The third kappa shape index (κ3) is 1.58. The first-order valence-electron chi connectivity index (χ1n) is 3.69. The van der Waals surface area contributed by atoms with Crippen LogP contribution in [0.15, 0.2) is 12.1 Å². The molecule has 13 heavy (non-hydrogen) atoms.